The standard InChI is InChI=1S/C19H26N4O2/c1-15-4-11-25-19(12-15)5-9-22(10-6-19)17-14-20-13-16(21-17)18(24)23-7-2-3-8-23/h12-14H,2-11H2,1H3. The van der Waals surface area contributed by atoms with E-state index in [1.165, 1.54) is 5.57 Å². The maximum absolute atomic E-state index is 12.5. The molecule has 134 valence electrons. The highest BCUT2D eigenvalue weighted by atomic mass is 16.5. The lowest BCUT2D eigenvalue weighted by Crippen LogP contribution is -2.46. The number of aromatic nitrogens is 2. The third-order valence-corrected chi connectivity index (χ3v) is 5.56. The van der Waals surface area contributed by atoms with Gasteiger partial charge in [-0.05, 0) is 39.0 Å². The van der Waals surface area contributed by atoms with Crippen molar-refractivity contribution >= 4 is 11.7 Å². The molecule has 4 heterocycles. The van der Waals surface area contributed by atoms with Gasteiger partial charge >= 0.3 is 0 Å². The Labute approximate surface area is 148 Å². The Hall–Kier alpha value is -1.95. The minimum absolute atomic E-state index is 0.00880. The van der Waals surface area contributed by atoms with E-state index in [0.29, 0.717) is 5.69 Å². The fourth-order valence-corrected chi connectivity index (χ4v) is 4.07. The minimum atomic E-state index is -0.102. The smallest absolute Gasteiger partial charge is 0.274 e. The Morgan fingerprint density at radius 2 is 1.92 bits per heavy atom. The van der Waals surface area contributed by atoms with Crippen LogP contribution < -0.4 is 4.90 Å². The van der Waals surface area contributed by atoms with Gasteiger partial charge in [-0.15, -0.1) is 0 Å². The lowest BCUT2D eigenvalue weighted by Gasteiger charge is -2.42. The van der Waals surface area contributed by atoms with E-state index >= 15 is 0 Å². The lowest BCUT2D eigenvalue weighted by molar-refractivity contribution is -0.0326. The number of carbonyl (C=O) groups is 1. The zero-order chi connectivity index (χ0) is 17.3. The Bertz CT molecular complexity index is 674. The molecule has 6 heteroatoms. The van der Waals surface area contributed by atoms with Gasteiger partial charge in [0, 0.05) is 26.2 Å². The van der Waals surface area contributed by atoms with Crippen molar-refractivity contribution in [2.24, 2.45) is 0 Å². The highest BCUT2D eigenvalue weighted by Gasteiger charge is 2.36. The molecule has 1 aromatic rings. The van der Waals surface area contributed by atoms with Gasteiger partial charge in [-0.2, -0.15) is 0 Å². The first kappa shape index (κ1) is 16.5. The fourth-order valence-electron chi connectivity index (χ4n) is 4.07. The molecule has 1 amide bonds. The minimum Gasteiger partial charge on any atom is -0.370 e. The highest BCUT2D eigenvalue weighted by Crippen LogP contribution is 2.34. The summed E-state index contributed by atoms with van der Waals surface area (Å²) in [5.74, 6) is 0.811. The van der Waals surface area contributed by atoms with Crippen LogP contribution in [-0.4, -0.2) is 59.2 Å². The Morgan fingerprint density at radius 1 is 1.16 bits per heavy atom. The number of nitrogens with zero attached hydrogens (tertiary/aromatic N) is 4. The molecule has 0 N–H and O–H groups in total. The van der Waals surface area contributed by atoms with Crippen molar-refractivity contribution in [3.63, 3.8) is 0 Å². The van der Waals surface area contributed by atoms with Gasteiger partial charge in [-0.1, -0.05) is 11.6 Å². The first-order chi connectivity index (χ1) is 12.2. The lowest BCUT2D eigenvalue weighted by atomic mass is 9.87. The van der Waals surface area contributed by atoms with E-state index in [0.717, 1.165) is 70.7 Å². The van der Waals surface area contributed by atoms with Gasteiger partial charge in [-0.25, -0.2) is 4.98 Å². The molecule has 1 spiro atoms. The normalized spacial score (nSPS) is 23.0. The van der Waals surface area contributed by atoms with Crippen LogP contribution in [0.1, 0.15) is 49.5 Å². The molecule has 3 aliphatic rings. The molecule has 0 atom stereocenters. The molecule has 0 radical (unpaired) electrons. The average molecular weight is 342 g/mol. The van der Waals surface area contributed by atoms with Crippen molar-refractivity contribution in [1.29, 1.82) is 0 Å². The van der Waals surface area contributed by atoms with Gasteiger partial charge in [0.25, 0.3) is 5.91 Å². The number of anilines is 1. The number of ether oxygens (including phenoxy) is 1. The zero-order valence-corrected chi connectivity index (χ0v) is 14.9. The molecule has 25 heavy (non-hydrogen) atoms. The molecular formula is C19H26N4O2. The Kier molecular flexibility index (Phi) is 4.46. The fraction of sp³-hybridized carbons (Fsp3) is 0.632. The second-order valence-electron chi connectivity index (χ2n) is 7.40. The molecule has 6 nitrogen and oxygen atoms in total. The summed E-state index contributed by atoms with van der Waals surface area (Å²) in [6.45, 7) is 6.43. The van der Waals surface area contributed by atoms with Gasteiger partial charge in [0.15, 0.2) is 0 Å². The van der Waals surface area contributed by atoms with Crippen LogP contribution in [0.5, 0.6) is 0 Å². The summed E-state index contributed by atoms with van der Waals surface area (Å²) in [5.41, 5.74) is 1.79. The summed E-state index contributed by atoms with van der Waals surface area (Å²) < 4.78 is 6.09. The monoisotopic (exact) mass is 342 g/mol. The molecule has 0 bridgehead atoms. The zero-order valence-electron chi connectivity index (χ0n) is 14.9. The molecule has 0 aromatic carbocycles. The van der Waals surface area contributed by atoms with E-state index in [-0.39, 0.29) is 11.5 Å². The third kappa shape index (κ3) is 3.40. The van der Waals surface area contributed by atoms with E-state index in [9.17, 15) is 4.79 Å². The van der Waals surface area contributed by atoms with Crippen molar-refractivity contribution in [2.75, 3.05) is 37.7 Å². The Morgan fingerprint density at radius 3 is 2.64 bits per heavy atom. The molecule has 2 saturated heterocycles. The Balaban J connectivity index is 1.45. The maximum Gasteiger partial charge on any atom is 0.274 e. The van der Waals surface area contributed by atoms with Gasteiger partial charge in [0.1, 0.15) is 11.5 Å². The van der Waals surface area contributed by atoms with Crippen LogP contribution in [0.4, 0.5) is 5.82 Å². The molecular weight excluding hydrogens is 316 g/mol. The second kappa shape index (κ2) is 6.75. The predicted octanol–water partition coefficient (Wildman–Crippen LogP) is 2.42. The SMILES string of the molecule is CC1=CC2(CCN(c3cncc(C(=O)N4CCCC4)n3)CC2)OCC1. The summed E-state index contributed by atoms with van der Waals surface area (Å²) in [6.07, 6.45) is 10.8. The topological polar surface area (TPSA) is 58.6 Å². The second-order valence-corrected chi connectivity index (χ2v) is 7.40. The number of piperidine rings is 1. The molecule has 2 fully saturated rings. The van der Waals surface area contributed by atoms with E-state index in [2.05, 4.69) is 27.9 Å². The van der Waals surface area contributed by atoms with Crippen molar-refractivity contribution in [3.05, 3.63) is 29.7 Å². The van der Waals surface area contributed by atoms with Crippen LogP contribution in [0.25, 0.3) is 0 Å². The first-order valence-corrected chi connectivity index (χ1v) is 9.34. The molecule has 4 rings (SSSR count). The van der Waals surface area contributed by atoms with Crippen LogP contribution >= 0.6 is 0 Å². The largest absolute Gasteiger partial charge is 0.370 e. The van der Waals surface area contributed by atoms with Crippen molar-refractivity contribution in [1.82, 2.24) is 14.9 Å². The van der Waals surface area contributed by atoms with E-state index in [1.807, 2.05) is 4.90 Å². The van der Waals surface area contributed by atoms with Crippen LogP contribution in [0.3, 0.4) is 0 Å². The number of hydrogen-bond donors (Lipinski definition) is 0. The van der Waals surface area contributed by atoms with Crippen molar-refractivity contribution in [3.8, 4) is 0 Å². The maximum atomic E-state index is 12.5. The highest BCUT2D eigenvalue weighted by molar-refractivity contribution is 5.92. The summed E-state index contributed by atoms with van der Waals surface area (Å²) >= 11 is 0. The molecule has 0 saturated carbocycles. The quantitative estimate of drug-likeness (QED) is 0.773. The van der Waals surface area contributed by atoms with Gasteiger partial charge < -0.3 is 14.5 Å². The van der Waals surface area contributed by atoms with Gasteiger partial charge in [-0.3, -0.25) is 9.78 Å². The van der Waals surface area contributed by atoms with E-state index < -0.39 is 0 Å². The average Bonchev–Trinajstić information content (AvgIpc) is 3.16. The first-order valence-electron chi connectivity index (χ1n) is 9.34. The van der Waals surface area contributed by atoms with Crippen molar-refractivity contribution in [2.45, 2.75) is 44.6 Å². The van der Waals surface area contributed by atoms with E-state index in [4.69, 9.17) is 4.74 Å². The number of rotatable bonds is 2. The number of carbonyl (C=O) groups excluding carboxylic acids is 1. The van der Waals surface area contributed by atoms with Gasteiger partial charge in [0.2, 0.25) is 0 Å². The van der Waals surface area contributed by atoms with Crippen LogP contribution in [0, 0.1) is 0 Å². The summed E-state index contributed by atoms with van der Waals surface area (Å²) in [7, 11) is 0. The van der Waals surface area contributed by atoms with Crippen LogP contribution in [0.2, 0.25) is 0 Å². The van der Waals surface area contributed by atoms with Gasteiger partial charge in [0.05, 0.1) is 24.6 Å². The summed E-state index contributed by atoms with van der Waals surface area (Å²) in [4.78, 5) is 25.5. The molecule has 3 aliphatic heterocycles. The number of likely N-dealkylation sites (tertiary alicyclic amines) is 1. The van der Waals surface area contributed by atoms with Crippen LogP contribution in [-0.2, 0) is 4.74 Å². The summed E-state index contributed by atoms with van der Waals surface area (Å²) in [5, 5.41) is 0. The number of amides is 1. The number of hydrogen-bond acceptors (Lipinski definition) is 5. The molecule has 0 aliphatic carbocycles. The van der Waals surface area contributed by atoms with E-state index in [1.54, 1.807) is 12.4 Å². The molecule has 1 aromatic heterocycles. The predicted molar refractivity (Wildman–Crippen MR) is 95.7 cm³/mol. The molecule has 0 unspecified atom stereocenters. The summed E-state index contributed by atoms with van der Waals surface area (Å²) in [6, 6.07) is 0. The van der Waals surface area contributed by atoms with Crippen LogP contribution in [0.15, 0.2) is 24.0 Å². The van der Waals surface area contributed by atoms with Crippen molar-refractivity contribution < 1.29 is 9.53 Å². The third-order valence-electron chi connectivity index (χ3n) is 5.56.